The van der Waals surface area contributed by atoms with Gasteiger partial charge in [0.15, 0.2) is 5.78 Å². The summed E-state index contributed by atoms with van der Waals surface area (Å²) >= 11 is 0. The zero-order valence-corrected chi connectivity index (χ0v) is 13.5. The second-order valence-corrected chi connectivity index (χ2v) is 5.38. The number of rotatable bonds is 5. The van der Waals surface area contributed by atoms with Crippen LogP contribution in [0.5, 0.6) is 0 Å². The Labute approximate surface area is 143 Å². The number of amides is 1. The topological polar surface area (TPSA) is 72.2 Å². The van der Waals surface area contributed by atoms with Gasteiger partial charge in [-0.25, -0.2) is 4.39 Å². The molecule has 0 aliphatic heterocycles. The number of carbonyl (C=O) groups is 2. The predicted molar refractivity (Wildman–Crippen MR) is 90.1 cm³/mol. The molecule has 0 aliphatic carbocycles. The molecule has 6 heteroatoms. The van der Waals surface area contributed by atoms with E-state index in [1.807, 2.05) is 6.92 Å². The highest BCUT2D eigenvalue weighted by Crippen LogP contribution is 2.16. The molecule has 1 N–H and O–H groups in total. The number of aromatic nitrogens is 1. The summed E-state index contributed by atoms with van der Waals surface area (Å²) in [7, 11) is 0. The van der Waals surface area contributed by atoms with E-state index in [0.29, 0.717) is 34.6 Å². The minimum atomic E-state index is -0.394. The summed E-state index contributed by atoms with van der Waals surface area (Å²) in [5.41, 5.74) is 1.77. The lowest BCUT2D eigenvalue weighted by atomic mass is 10.0. The average molecular weight is 338 g/mol. The third-order valence-corrected chi connectivity index (χ3v) is 3.72. The van der Waals surface area contributed by atoms with Crippen molar-refractivity contribution in [2.75, 3.05) is 5.32 Å². The van der Waals surface area contributed by atoms with Crippen LogP contribution in [0.3, 0.4) is 0 Å². The Hall–Kier alpha value is -3.28. The summed E-state index contributed by atoms with van der Waals surface area (Å²) < 4.78 is 17.9. The van der Waals surface area contributed by atoms with Crippen molar-refractivity contribution >= 4 is 17.4 Å². The Balaban J connectivity index is 1.73. The molecule has 0 atom stereocenters. The molecule has 0 spiro atoms. The van der Waals surface area contributed by atoms with Crippen LogP contribution >= 0.6 is 0 Å². The number of ketones is 1. The van der Waals surface area contributed by atoms with Gasteiger partial charge in [-0.15, -0.1) is 0 Å². The molecule has 3 aromatic rings. The molecule has 3 rings (SSSR count). The first-order chi connectivity index (χ1) is 12.1. The highest BCUT2D eigenvalue weighted by Gasteiger charge is 2.15. The number of nitrogens with zero attached hydrogens (tertiary/aromatic N) is 1. The van der Waals surface area contributed by atoms with E-state index in [1.165, 1.54) is 30.5 Å². The predicted octanol–water partition coefficient (Wildman–Crippen LogP) is 3.86. The van der Waals surface area contributed by atoms with Gasteiger partial charge in [0.05, 0.1) is 6.20 Å². The van der Waals surface area contributed by atoms with Gasteiger partial charge in [0.1, 0.15) is 17.1 Å². The monoisotopic (exact) mass is 338 g/mol. The first-order valence-electron chi connectivity index (χ1n) is 7.73. The molecule has 2 aromatic carbocycles. The maximum Gasteiger partial charge on any atom is 0.260 e. The Morgan fingerprint density at radius 2 is 1.64 bits per heavy atom. The molecule has 0 aliphatic rings. The van der Waals surface area contributed by atoms with Crippen molar-refractivity contribution in [2.24, 2.45) is 0 Å². The van der Waals surface area contributed by atoms with Crippen LogP contribution in [0.4, 0.5) is 10.1 Å². The highest BCUT2D eigenvalue weighted by molar-refractivity contribution is 6.09. The fourth-order valence-corrected chi connectivity index (χ4v) is 2.38. The van der Waals surface area contributed by atoms with Gasteiger partial charge in [-0.3, -0.25) is 9.59 Å². The Morgan fingerprint density at radius 3 is 2.24 bits per heavy atom. The minimum Gasteiger partial charge on any atom is -0.361 e. The molecule has 25 heavy (non-hydrogen) atoms. The van der Waals surface area contributed by atoms with Crippen LogP contribution in [-0.2, 0) is 6.42 Å². The molecule has 1 amide bonds. The van der Waals surface area contributed by atoms with Crippen molar-refractivity contribution in [3.8, 4) is 0 Å². The lowest BCUT2D eigenvalue weighted by Gasteiger charge is -2.06. The van der Waals surface area contributed by atoms with Crippen LogP contribution in [0.25, 0.3) is 0 Å². The second kappa shape index (κ2) is 7.09. The second-order valence-electron chi connectivity index (χ2n) is 5.38. The summed E-state index contributed by atoms with van der Waals surface area (Å²) in [6.45, 7) is 1.87. The summed E-state index contributed by atoms with van der Waals surface area (Å²) in [5, 5.41) is 6.36. The Kier molecular flexibility index (Phi) is 4.70. The molecule has 126 valence electrons. The van der Waals surface area contributed by atoms with Crippen LogP contribution in [0.15, 0.2) is 59.3 Å². The van der Waals surface area contributed by atoms with Gasteiger partial charge < -0.3 is 9.84 Å². The lowest BCUT2D eigenvalue weighted by molar-refractivity contribution is 0.102. The van der Waals surface area contributed by atoms with E-state index >= 15 is 0 Å². The van der Waals surface area contributed by atoms with E-state index in [1.54, 1.807) is 24.3 Å². The number of benzene rings is 2. The van der Waals surface area contributed by atoms with Crippen molar-refractivity contribution in [1.82, 2.24) is 5.16 Å². The maximum atomic E-state index is 12.9. The molecule has 1 aromatic heterocycles. The van der Waals surface area contributed by atoms with Crippen LogP contribution in [0.1, 0.15) is 39.0 Å². The van der Waals surface area contributed by atoms with E-state index in [-0.39, 0.29) is 11.7 Å². The minimum absolute atomic E-state index is 0.217. The number of hydrogen-bond acceptors (Lipinski definition) is 4. The SMILES string of the molecule is CCc1oncc1C(=O)Nc1ccc(C(=O)c2ccc(F)cc2)cc1. The summed E-state index contributed by atoms with van der Waals surface area (Å²) in [4.78, 5) is 24.5. The summed E-state index contributed by atoms with van der Waals surface area (Å²) in [5.74, 6) is -0.420. The fraction of sp³-hybridized carbons (Fsp3) is 0.105. The molecule has 5 nitrogen and oxygen atoms in total. The van der Waals surface area contributed by atoms with Crippen LogP contribution in [0.2, 0.25) is 0 Å². The van der Waals surface area contributed by atoms with E-state index in [4.69, 9.17) is 4.52 Å². The Bertz CT molecular complexity index is 899. The fourth-order valence-electron chi connectivity index (χ4n) is 2.38. The maximum absolute atomic E-state index is 12.9. The van der Waals surface area contributed by atoms with Gasteiger partial charge in [-0.05, 0) is 48.5 Å². The number of carbonyl (C=O) groups excluding carboxylic acids is 2. The summed E-state index contributed by atoms with van der Waals surface area (Å²) in [6.07, 6.45) is 1.94. The zero-order chi connectivity index (χ0) is 17.8. The highest BCUT2D eigenvalue weighted by atomic mass is 19.1. The molecular formula is C19H15FN2O3. The summed E-state index contributed by atoms with van der Waals surface area (Å²) in [6, 6.07) is 11.8. The van der Waals surface area contributed by atoms with Crippen molar-refractivity contribution in [3.05, 3.63) is 83.0 Å². The van der Waals surface area contributed by atoms with E-state index in [2.05, 4.69) is 10.5 Å². The lowest BCUT2D eigenvalue weighted by Crippen LogP contribution is -2.13. The smallest absolute Gasteiger partial charge is 0.260 e. The molecule has 0 saturated heterocycles. The molecule has 0 radical (unpaired) electrons. The van der Waals surface area contributed by atoms with Crippen molar-refractivity contribution in [1.29, 1.82) is 0 Å². The standard InChI is InChI=1S/C19H15FN2O3/c1-2-17-16(11-21-25-17)19(24)22-15-9-5-13(6-10-15)18(23)12-3-7-14(20)8-4-12/h3-11H,2H2,1H3,(H,22,24). The average Bonchev–Trinajstić information content (AvgIpc) is 3.11. The largest absolute Gasteiger partial charge is 0.361 e. The quantitative estimate of drug-likeness (QED) is 0.717. The molecule has 0 bridgehead atoms. The van der Waals surface area contributed by atoms with Gasteiger partial charge in [0, 0.05) is 23.2 Å². The van der Waals surface area contributed by atoms with Gasteiger partial charge in [0.25, 0.3) is 5.91 Å². The zero-order valence-electron chi connectivity index (χ0n) is 13.5. The van der Waals surface area contributed by atoms with Crippen LogP contribution in [-0.4, -0.2) is 16.8 Å². The normalized spacial score (nSPS) is 10.5. The molecular weight excluding hydrogens is 323 g/mol. The van der Waals surface area contributed by atoms with Gasteiger partial charge in [-0.2, -0.15) is 0 Å². The molecule has 0 unspecified atom stereocenters. The van der Waals surface area contributed by atoms with E-state index in [9.17, 15) is 14.0 Å². The van der Waals surface area contributed by atoms with Crippen molar-refractivity contribution < 1.29 is 18.5 Å². The number of halogens is 1. The van der Waals surface area contributed by atoms with Gasteiger partial charge >= 0.3 is 0 Å². The number of aryl methyl sites for hydroxylation is 1. The third-order valence-electron chi connectivity index (χ3n) is 3.72. The van der Waals surface area contributed by atoms with Crippen molar-refractivity contribution in [2.45, 2.75) is 13.3 Å². The first-order valence-corrected chi connectivity index (χ1v) is 7.73. The molecule has 0 saturated carbocycles. The number of nitrogens with one attached hydrogen (secondary N) is 1. The van der Waals surface area contributed by atoms with Crippen molar-refractivity contribution in [3.63, 3.8) is 0 Å². The first kappa shape index (κ1) is 16.6. The van der Waals surface area contributed by atoms with Gasteiger partial charge in [-0.1, -0.05) is 12.1 Å². The van der Waals surface area contributed by atoms with E-state index < -0.39 is 5.82 Å². The number of hydrogen-bond donors (Lipinski definition) is 1. The molecule has 0 fully saturated rings. The Morgan fingerprint density at radius 1 is 1.04 bits per heavy atom. The molecule has 1 heterocycles. The van der Waals surface area contributed by atoms with Crippen LogP contribution < -0.4 is 5.32 Å². The van der Waals surface area contributed by atoms with Gasteiger partial charge in [0.2, 0.25) is 0 Å². The van der Waals surface area contributed by atoms with E-state index in [0.717, 1.165) is 0 Å². The number of anilines is 1. The van der Waals surface area contributed by atoms with Crippen LogP contribution in [0, 0.1) is 5.82 Å². The third kappa shape index (κ3) is 3.63.